The Hall–Kier alpha value is -0.740. The molecule has 1 aromatic rings. The molecule has 6 heteroatoms. The van der Waals surface area contributed by atoms with Gasteiger partial charge < -0.3 is 0 Å². The van der Waals surface area contributed by atoms with Gasteiger partial charge in [-0.1, -0.05) is 11.6 Å². The maximum absolute atomic E-state index is 12.3. The molecule has 0 saturated heterocycles. The van der Waals surface area contributed by atoms with E-state index in [-0.39, 0.29) is 22.0 Å². The second-order valence-corrected chi connectivity index (χ2v) is 3.32. The van der Waals surface area contributed by atoms with E-state index in [1.807, 2.05) is 0 Å². The highest BCUT2D eigenvalue weighted by atomic mass is 35.5. The largest absolute Gasteiger partial charge is 0.274 e. The summed E-state index contributed by atoms with van der Waals surface area (Å²) < 4.78 is 24.6. The molecule has 1 rings (SSSR count). The first-order valence-electron chi connectivity index (χ1n) is 3.58. The first-order chi connectivity index (χ1) is 6.43. The zero-order chi connectivity index (χ0) is 10.9. The molecule has 0 radical (unpaired) electrons. The van der Waals surface area contributed by atoms with Crippen molar-refractivity contribution in [3.05, 3.63) is 28.0 Å². The van der Waals surface area contributed by atoms with Crippen molar-refractivity contribution in [3.63, 3.8) is 0 Å². The summed E-state index contributed by atoms with van der Waals surface area (Å²) in [6.45, 7) is 1.36. The third kappa shape index (κ3) is 2.19. The summed E-state index contributed by atoms with van der Waals surface area (Å²) in [6, 6.07) is 1.00. The van der Waals surface area contributed by atoms with Crippen molar-refractivity contribution in [2.45, 2.75) is 13.3 Å². The van der Waals surface area contributed by atoms with Crippen LogP contribution in [0.1, 0.15) is 28.2 Å². The minimum absolute atomic E-state index is 0.0494. The predicted molar refractivity (Wildman–Crippen MR) is 49.1 cm³/mol. The highest BCUT2D eigenvalue weighted by Gasteiger charge is 2.17. The van der Waals surface area contributed by atoms with Crippen LogP contribution in [-0.4, -0.2) is 10.2 Å². The van der Waals surface area contributed by atoms with Crippen LogP contribution in [0.2, 0.25) is 5.02 Å². The zero-order valence-electron chi connectivity index (χ0n) is 7.02. The van der Waals surface area contributed by atoms with Crippen molar-refractivity contribution < 1.29 is 13.6 Å². The number of hydrogen-bond donors (Lipinski definition) is 0. The monoisotopic (exact) mass is 239 g/mol. The fourth-order valence-electron chi connectivity index (χ4n) is 0.954. The lowest BCUT2D eigenvalue weighted by molar-refractivity contribution is 0.107. The molecule has 0 N–H and O–H groups in total. The SMILES string of the molecule is Cc1nc(C(=O)Cl)c(Cl)cc1C(F)F. The van der Waals surface area contributed by atoms with E-state index in [9.17, 15) is 13.6 Å². The van der Waals surface area contributed by atoms with E-state index in [1.54, 1.807) is 0 Å². The van der Waals surface area contributed by atoms with Gasteiger partial charge in [-0.05, 0) is 24.6 Å². The van der Waals surface area contributed by atoms with Gasteiger partial charge in [0, 0.05) is 11.3 Å². The van der Waals surface area contributed by atoms with Crippen molar-refractivity contribution in [1.29, 1.82) is 0 Å². The molecule has 0 saturated carbocycles. The number of nitrogens with zero attached hydrogens (tertiary/aromatic N) is 1. The van der Waals surface area contributed by atoms with Crippen LogP contribution in [0.25, 0.3) is 0 Å². The Morgan fingerprint density at radius 1 is 1.57 bits per heavy atom. The normalized spacial score (nSPS) is 10.7. The van der Waals surface area contributed by atoms with Gasteiger partial charge in [0.15, 0.2) is 0 Å². The topological polar surface area (TPSA) is 30.0 Å². The van der Waals surface area contributed by atoms with Crippen LogP contribution < -0.4 is 0 Å². The van der Waals surface area contributed by atoms with Crippen LogP contribution in [0.15, 0.2) is 6.07 Å². The lowest BCUT2D eigenvalue weighted by atomic mass is 10.2. The van der Waals surface area contributed by atoms with Crippen molar-refractivity contribution in [1.82, 2.24) is 4.98 Å². The van der Waals surface area contributed by atoms with Gasteiger partial charge >= 0.3 is 0 Å². The highest BCUT2D eigenvalue weighted by Crippen LogP contribution is 2.26. The first kappa shape index (κ1) is 11.3. The van der Waals surface area contributed by atoms with Crippen molar-refractivity contribution >= 4 is 28.4 Å². The van der Waals surface area contributed by atoms with Crippen LogP contribution in [0.4, 0.5) is 8.78 Å². The number of carbonyl (C=O) groups is 1. The standard InChI is InChI=1S/C8H5Cl2F2NO/c1-3-4(8(11)12)2-5(9)6(13-3)7(10)14/h2,8H,1H3. The van der Waals surface area contributed by atoms with E-state index in [4.69, 9.17) is 23.2 Å². The molecule has 1 aromatic heterocycles. The van der Waals surface area contributed by atoms with E-state index >= 15 is 0 Å². The molecule has 0 aliphatic heterocycles. The summed E-state index contributed by atoms with van der Waals surface area (Å²) in [5.41, 5.74) is -0.444. The Morgan fingerprint density at radius 3 is 2.57 bits per heavy atom. The molecule has 1 heterocycles. The quantitative estimate of drug-likeness (QED) is 0.742. The first-order valence-corrected chi connectivity index (χ1v) is 4.34. The minimum Gasteiger partial charge on any atom is -0.274 e. The summed E-state index contributed by atoms with van der Waals surface area (Å²) in [5.74, 6) is 0. The Bertz CT molecular complexity index is 382. The molecule has 76 valence electrons. The third-order valence-corrected chi connectivity index (χ3v) is 2.09. The van der Waals surface area contributed by atoms with Gasteiger partial charge in [0.2, 0.25) is 0 Å². The number of aryl methyl sites for hydroxylation is 1. The van der Waals surface area contributed by atoms with Crippen molar-refractivity contribution in [2.75, 3.05) is 0 Å². The second kappa shape index (κ2) is 4.19. The van der Waals surface area contributed by atoms with E-state index in [1.165, 1.54) is 6.92 Å². The Kier molecular flexibility index (Phi) is 3.39. The summed E-state index contributed by atoms with van der Waals surface area (Å²) >= 11 is 10.7. The predicted octanol–water partition coefficient (Wildman–Crippen LogP) is 3.36. The fraction of sp³-hybridized carbons (Fsp3) is 0.250. The lowest BCUT2D eigenvalue weighted by Crippen LogP contribution is -2.01. The highest BCUT2D eigenvalue weighted by molar-refractivity contribution is 6.68. The maximum Gasteiger partial charge on any atom is 0.272 e. The number of aromatic nitrogens is 1. The number of carbonyl (C=O) groups excluding carboxylic acids is 1. The summed E-state index contributed by atoms with van der Waals surface area (Å²) in [5, 5.41) is -1.02. The molecule has 0 aliphatic rings. The Labute approximate surface area is 88.8 Å². The molecule has 14 heavy (non-hydrogen) atoms. The van der Waals surface area contributed by atoms with Crippen LogP contribution in [0.5, 0.6) is 0 Å². The Morgan fingerprint density at radius 2 is 2.14 bits per heavy atom. The summed E-state index contributed by atoms with van der Waals surface area (Å²) in [6.07, 6.45) is -2.67. The number of hydrogen-bond acceptors (Lipinski definition) is 2. The van der Waals surface area contributed by atoms with Gasteiger partial charge in [-0.3, -0.25) is 4.79 Å². The van der Waals surface area contributed by atoms with Crippen molar-refractivity contribution in [2.24, 2.45) is 0 Å². The molecular weight excluding hydrogens is 235 g/mol. The van der Waals surface area contributed by atoms with Gasteiger partial charge in [0.1, 0.15) is 5.69 Å². The Balaban J connectivity index is 3.31. The molecule has 2 nitrogen and oxygen atoms in total. The van der Waals surface area contributed by atoms with Gasteiger partial charge in [0.05, 0.1) is 5.02 Å². The second-order valence-electron chi connectivity index (χ2n) is 2.57. The van der Waals surface area contributed by atoms with Crippen molar-refractivity contribution in [3.8, 4) is 0 Å². The van der Waals surface area contributed by atoms with Crippen LogP contribution >= 0.6 is 23.2 Å². The summed E-state index contributed by atoms with van der Waals surface area (Å²) in [7, 11) is 0. The van der Waals surface area contributed by atoms with Gasteiger partial charge in [-0.25, -0.2) is 13.8 Å². The number of halogens is 4. The van der Waals surface area contributed by atoms with Gasteiger partial charge in [-0.2, -0.15) is 0 Å². The fourth-order valence-corrected chi connectivity index (χ4v) is 1.39. The molecule has 0 amide bonds. The molecule has 0 fully saturated rings. The molecule has 0 aliphatic carbocycles. The van der Waals surface area contributed by atoms with Gasteiger partial charge in [-0.15, -0.1) is 0 Å². The van der Waals surface area contributed by atoms with E-state index in [2.05, 4.69) is 4.98 Å². The van der Waals surface area contributed by atoms with E-state index in [0.29, 0.717) is 0 Å². The summed E-state index contributed by atoms with van der Waals surface area (Å²) in [4.78, 5) is 14.3. The lowest BCUT2D eigenvalue weighted by Gasteiger charge is -2.06. The van der Waals surface area contributed by atoms with Crippen LogP contribution in [0.3, 0.4) is 0 Å². The van der Waals surface area contributed by atoms with E-state index in [0.717, 1.165) is 6.07 Å². The average molecular weight is 240 g/mol. The maximum atomic E-state index is 12.3. The number of rotatable bonds is 2. The van der Waals surface area contributed by atoms with Crippen LogP contribution in [0, 0.1) is 6.92 Å². The molecule has 0 unspecified atom stereocenters. The smallest absolute Gasteiger partial charge is 0.272 e. The van der Waals surface area contributed by atoms with E-state index < -0.39 is 11.7 Å². The molecular formula is C8H5Cl2F2NO. The number of pyridine rings is 1. The third-order valence-electron chi connectivity index (χ3n) is 1.63. The molecule has 0 atom stereocenters. The minimum atomic E-state index is -2.67. The van der Waals surface area contributed by atoms with Gasteiger partial charge in [0.25, 0.3) is 11.7 Å². The average Bonchev–Trinajstić information content (AvgIpc) is 2.07. The zero-order valence-corrected chi connectivity index (χ0v) is 8.53. The number of alkyl halides is 2. The molecule has 0 aromatic carbocycles. The molecule has 0 bridgehead atoms. The molecule has 0 spiro atoms. The van der Waals surface area contributed by atoms with Crippen LogP contribution in [-0.2, 0) is 0 Å².